The van der Waals surface area contributed by atoms with E-state index in [1.54, 1.807) is 41.7 Å². The number of aromatic nitrogens is 1. The van der Waals surface area contributed by atoms with Gasteiger partial charge in [-0.05, 0) is 29.1 Å². The summed E-state index contributed by atoms with van der Waals surface area (Å²) in [6, 6.07) is 21.2. The first-order valence-electron chi connectivity index (χ1n) is 8.72. The van der Waals surface area contributed by atoms with Gasteiger partial charge in [0.2, 0.25) is 5.91 Å². The summed E-state index contributed by atoms with van der Waals surface area (Å²) >= 11 is 1.55. The highest BCUT2D eigenvalue weighted by molar-refractivity contribution is 7.13. The summed E-state index contributed by atoms with van der Waals surface area (Å²) in [7, 11) is 0. The van der Waals surface area contributed by atoms with Gasteiger partial charge in [0.15, 0.2) is 0 Å². The number of nitrogens with zero attached hydrogens (tertiary/aromatic N) is 1. The van der Waals surface area contributed by atoms with Crippen LogP contribution in [-0.4, -0.2) is 16.8 Å². The van der Waals surface area contributed by atoms with E-state index in [1.165, 1.54) is 0 Å². The van der Waals surface area contributed by atoms with Crippen LogP contribution in [-0.2, 0) is 4.79 Å². The van der Waals surface area contributed by atoms with Crippen LogP contribution in [0.3, 0.4) is 0 Å². The van der Waals surface area contributed by atoms with E-state index in [4.69, 9.17) is 5.73 Å². The van der Waals surface area contributed by atoms with Gasteiger partial charge in [0.25, 0.3) is 5.91 Å². The number of fused-ring (bicyclic) bond motifs is 1. The van der Waals surface area contributed by atoms with E-state index in [2.05, 4.69) is 10.3 Å². The van der Waals surface area contributed by atoms with Crippen molar-refractivity contribution in [3.63, 3.8) is 0 Å². The highest BCUT2D eigenvalue weighted by atomic mass is 32.1. The lowest BCUT2D eigenvalue weighted by atomic mass is 10.0. The molecule has 0 aliphatic heterocycles. The Morgan fingerprint density at radius 1 is 0.964 bits per heavy atom. The van der Waals surface area contributed by atoms with Gasteiger partial charge in [0.05, 0.1) is 21.7 Å². The number of primary amides is 1. The Bertz CT molecular complexity index is 1140. The summed E-state index contributed by atoms with van der Waals surface area (Å²) in [6.07, 6.45) is 0. The molecule has 2 aromatic heterocycles. The van der Waals surface area contributed by atoms with Crippen molar-refractivity contribution in [2.24, 2.45) is 5.73 Å². The minimum absolute atomic E-state index is 0.371. The molecular weight excluding hydrogens is 370 g/mol. The van der Waals surface area contributed by atoms with Crippen molar-refractivity contribution < 1.29 is 9.59 Å². The van der Waals surface area contributed by atoms with Crippen LogP contribution in [0.25, 0.3) is 21.5 Å². The van der Waals surface area contributed by atoms with Crippen LogP contribution in [0.2, 0.25) is 0 Å². The molecule has 5 nitrogen and oxygen atoms in total. The molecule has 4 rings (SSSR count). The summed E-state index contributed by atoms with van der Waals surface area (Å²) in [4.78, 5) is 30.7. The maximum Gasteiger partial charge on any atom is 0.252 e. The number of rotatable bonds is 5. The van der Waals surface area contributed by atoms with Gasteiger partial charge in [-0.2, -0.15) is 0 Å². The second-order valence-corrected chi connectivity index (χ2v) is 7.22. The number of para-hydroxylation sites is 1. The number of carbonyl (C=O) groups excluding carboxylic acids is 2. The molecule has 0 spiro atoms. The van der Waals surface area contributed by atoms with Gasteiger partial charge in [0.1, 0.15) is 6.04 Å². The van der Waals surface area contributed by atoms with E-state index >= 15 is 0 Å². The van der Waals surface area contributed by atoms with Gasteiger partial charge in [-0.1, -0.05) is 54.6 Å². The summed E-state index contributed by atoms with van der Waals surface area (Å²) < 4.78 is 0. The van der Waals surface area contributed by atoms with Crippen molar-refractivity contribution in [2.75, 3.05) is 0 Å². The van der Waals surface area contributed by atoms with Crippen molar-refractivity contribution in [1.29, 1.82) is 0 Å². The first-order valence-corrected chi connectivity index (χ1v) is 9.60. The zero-order chi connectivity index (χ0) is 19.5. The molecule has 0 radical (unpaired) electrons. The predicted octanol–water partition coefficient (Wildman–Crippen LogP) is 3.92. The Labute approximate surface area is 165 Å². The standard InChI is InChI=1S/C22H17N3O2S/c23-21(26)20(14-7-2-1-3-8-14)25-22(27)16-13-18(19-11-6-12-28-19)24-17-10-5-4-9-15(16)17/h1-13,20H,(H2,23,26)(H,25,27). The number of carbonyl (C=O) groups is 2. The third-order valence-electron chi connectivity index (χ3n) is 4.43. The van der Waals surface area contributed by atoms with Gasteiger partial charge in [-0.15, -0.1) is 11.3 Å². The molecular formula is C22H17N3O2S. The van der Waals surface area contributed by atoms with Gasteiger partial charge in [-0.25, -0.2) is 4.98 Å². The minimum atomic E-state index is -0.911. The Morgan fingerprint density at radius 2 is 1.71 bits per heavy atom. The SMILES string of the molecule is NC(=O)C(NC(=O)c1cc(-c2cccs2)nc2ccccc12)c1ccccc1. The average molecular weight is 387 g/mol. The molecule has 2 aromatic carbocycles. The second kappa shape index (κ2) is 7.62. The molecule has 0 fully saturated rings. The number of benzene rings is 2. The highest BCUT2D eigenvalue weighted by Gasteiger charge is 2.22. The fraction of sp³-hybridized carbons (Fsp3) is 0.0455. The van der Waals surface area contributed by atoms with Crippen molar-refractivity contribution in [3.8, 4) is 10.6 Å². The maximum absolute atomic E-state index is 13.1. The van der Waals surface area contributed by atoms with E-state index in [0.717, 1.165) is 10.3 Å². The molecule has 0 bridgehead atoms. The van der Waals surface area contributed by atoms with Gasteiger partial charge < -0.3 is 11.1 Å². The molecule has 1 unspecified atom stereocenters. The van der Waals surface area contributed by atoms with Crippen molar-refractivity contribution in [2.45, 2.75) is 6.04 Å². The molecule has 0 aliphatic carbocycles. The molecule has 6 heteroatoms. The number of amides is 2. The predicted molar refractivity (Wildman–Crippen MR) is 111 cm³/mol. The van der Waals surface area contributed by atoms with Crippen molar-refractivity contribution in [3.05, 3.63) is 89.3 Å². The summed E-state index contributed by atoms with van der Waals surface area (Å²) in [5, 5.41) is 5.46. The van der Waals surface area contributed by atoms with E-state index in [1.807, 2.05) is 47.8 Å². The summed E-state index contributed by atoms with van der Waals surface area (Å²) in [5.74, 6) is -0.986. The number of hydrogen-bond acceptors (Lipinski definition) is 4. The Morgan fingerprint density at radius 3 is 2.43 bits per heavy atom. The lowest BCUT2D eigenvalue weighted by Crippen LogP contribution is -2.37. The smallest absolute Gasteiger partial charge is 0.252 e. The Balaban J connectivity index is 1.77. The van der Waals surface area contributed by atoms with E-state index in [9.17, 15) is 9.59 Å². The van der Waals surface area contributed by atoms with Crippen LogP contribution < -0.4 is 11.1 Å². The first kappa shape index (κ1) is 17.9. The van der Waals surface area contributed by atoms with E-state index < -0.39 is 11.9 Å². The molecule has 28 heavy (non-hydrogen) atoms. The molecule has 4 aromatic rings. The van der Waals surface area contributed by atoms with E-state index in [-0.39, 0.29) is 5.91 Å². The average Bonchev–Trinajstić information content (AvgIpc) is 3.26. The normalized spacial score (nSPS) is 11.9. The third kappa shape index (κ3) is 3.50. The Kier molecular flexibility index (Phi) is 4.87. The molecule has 138 valence electrons. The largest absolute Gasteiger partial charge is 0.368 e. The van der Waals surface area contributed by atoms with Crippen LogP contribution >= 0.6 is 11.3 Å². The molecule has 0 aliphatic rings. The fourth-order valence-electron chi connectivity index (χ4n) is 3.09. The summed E-state index contributed by atoms with van der Waals surface area (Å²) in [5.41, 5.74) is 8.08. The van der Waals surface area contributed by atoms with Crippen molar-refractivity contribution >= 4 is 34.1 Å². The van der Waals surface area contributed by atoms with Crippen LogP contribution in [0.5, 0.6) is 0 Å². The number of pyridine rings is 1. The minimum Gasteiger partial charge on any atom is -0.368 e. The molecule has 1 atom stereocenters. The monoisotopic (exact) mass is 387 g/mol. The second-order valence-electron chi connectivity index (χ2n) is 6.27. The van der Waals surface area contributed by atoms with E-state index in [0.29, 0.717) is 22.3 Å². The quantitative estimate of drug-likeness (QED) is 0.544. The topological polar surface area (TPSA) is 85.1 Å². The van der Waals surface area contributed by atoms with Crippen molar-refractivity contribution in [1.82, 2.24) is 10.3 Å². The first-order chi connectivity index (χ1) is 13.6. The number of hydrogen-bond donors (Lipinski definition) is 2. The fourth-order valence-corrected chi connectivity index (χ4v) is 3.77. The van der Waals surface area contributed by atoms with Gasteiger partial charge >= 0.3 is 0 Å². The lowest BCUT2D eigenvalue weighted by molar-refractivity contribution is -0.120. The number of nitrogens with one attached hydrogen (secondary N) is 1. The molecule has 3 N–H and O–H groups in total. The van der Waals surface area contributed by atoms with Crippen LogP contribution in [0.1, 0.15) is 22.0 Å². The zero-order valence-corrected chi connectivity index (χ0v) is 15.6. The zero-order valence-electron chi connectivity index (χ0n) is 14.8. The Hall–Kier alpha value is -3.51. The highest BCUT2D eigenvalue weighted by Crippen LogP contribution is 2.28. The molecule has 2 heterocycles. The van der Waals surface area contributed by atoms with Crippen LogP contribution in [0.15, 0.2) is 78.2 Å². The molecule has 0 saturated carbocycles. The number of thiophene rings is 1. The van der Waals surface area contributed by atoms with Gasteiger partial charge in [0, 0.05) is 5.39 Å². The van der Waals surface area contributed by atoms with Crippen LogP contribution in [0.4, 0.5) is 0 Å². The van der Waals surface area contributed by atoms with Gasteiger partial charge in [-0.3, -0.25) is 9.59 Å². The van der Waals surface area contributed by atoms with Crippen LogP contribution in [0, 0.1) is 0 Å². The maximum atomic E-state index is 13.1. The lowest BCUT2D eigenvalue weighted by Gasteiger charge is -2.17. The third-order valence-corrected chi connectivity index (χ3v) is 5.32. The number of nitrogens with two attached hydrogens (primary N) is 1. The summed E-state index contributed by atoms with van der Waals surface area (Å²) in [6.45, 7) is 0. The molecule has 0 saturated heterocycles. The molecule has 2 amide bonds.